The Morgan fingerprint density at radius 3 is 2.20 bits per heavy atom. The molecule has 2 aromatic rings. The Hall–Kier alpha value is -2.79. The Labute approximate surface area is 245 Å². The highest BCUT2D eigenvalue weighted by Gasteiger charge is 2.51. The minimum Gasteiger partial charge on any atom is -0.495 e. The highest BCUT2D eigenvalue weighted by atomic mass is 35.5. The van der Waals surface area contributed by atoms with Crippen LogP contribution in [0, 0.1) is 0 Å². The molecule has 0 radical (unpaired) electrons. The average molecular weight is 610 g/mol. The number of carbonyl (C=O) groups is 2. The lowest BCUT2D eigenvalue weighted by Crippen LogP contribution is -2.67. The van der Waals surface area contributed by atoms with Crippen LogP contribution in [0.3, 0.4) is 0 Å². The second-order valence-electron chi connectivity index (χ2n) is 9.95. The fraction of sp³-hybridized carbons (Fsp3) is 0.429. The van der Waals surface area contributed by atoms with E-state index in [2.05, 4.69) is 0 Å². The van der Waals surface area contributed by atoms with Crippen LogP contribution in [0.25, 0.3) is 0 Å². The predicted molar refractivity (Wildman–Crippen MR) is 154 cm³/mol. The Morgan fingerprint density at radius 1 is 1.00 bits per heavy atom. The zero-order chi connectivity index (χ0) is 29.4. The molecule has 216 valence electrons. The molecule has 1 saturated heterocycles. The number of amides is 2. The lowest BCUT2D eigenvalue weighted by molar-refractivity contribution is -0.152. The van der Waals surface area contributed by atoms with Crippen molar-refractivity contribution in [3.8, 4) is 5.75 Å². The van der Waals surface area contributed by atoms with Gasteiger partial charge in [0, 0.05) is 28.7 Å². The summed E-state index contributed by atoms with van der Waals surface area (Å²) >= 11 is 12.3. The molecular weight excluding hydrogens is 575 g/mol. The zero-order valence-electron chi connectivity index (χ0n) is 23.2. The van der Waals surface area contributed by atoms with Crippen molar-refractivity contribution in [2.45, 2.75) is 57.1 Å². The van der Waals surface area contributed by atoms with Crippen LogP contribution in [0.5, 0.6) is 5.75 Å². The lowest BCUT2D eigenvalue weighted by atomic mass is 9.98. The third kappa shape index (κ3) is 5.54. The highest BCUT2D eigenvalue weighted by molar-refractivity contribution is 7.89. The molecule has 2 atom stereocenters. The quantitative estimate of drug-likeness (QED) is 0.424. The van der Waals surface area contributed by atoms with Gasteiger partial charge in [0.15, 0.2) is 0 Å². The molecule has 2 aliphatic heterocycles. The molecular formula is C28H34Cl2N4O5S. The number of methoxy groups -OCH3 is 1. The summed E-state index contributed by atoms with van der Waals surface area (Å²) in [5.41, 5.74) is 0.788. The highest BCUT2D eigenvalue weighted by Crippen LogP contribution is 2.38. The van der Waals surface area contributed by atoms with Gasteiger partial charge in [0.05, 0.1) is 13.7 Å². The summed E-state index contributed by atoms with van der Waals surface area (Å²) in [6.45, 7) is 8.40. The Kier molecular flexibility index (Phi) is 9.04. The maximum atomic E-state index is 14.4. The molecule has 9 nitrogen and oxygen atoms in total. The molecule has 0 aliphatic carbocycles. The number of hydrogen-bond acceptors (Lipinski definition) is 6. The summed E-state index contributed by atoms with van der Waals surface area (Å²) in [6, 6.07) is 9.37. The van der Waals surface area contributed by atoms with Gasteiger partial charge in [-0.3, -0.25) is 19.4 Å². The van der Waals surface area contributed by atoms with Gasteiger partial charge in [-0.1, -0.05) is 49.2 Å². The normalized spacial score (nSPS) is 19.8. The van der Waals surface area contributed by atoms with Crippen molar-refractivity contribution >= 4 is 45.0 Å². The Morgan fingerprint density at radius 2 is 1.62 bits per heavy atom. The number of benzene rings is 2. The van der Waals surface area contributed by atoms with Crippen LogP contribution in [0.1, 0.15) is 33.3 Å². The maximum Gasteiger partial charge on any atom is 0.269 e. The third-order valence-corrected chi connectivity index (χ3v) is 9.59. The van der Waals surface area contributed by atoms with Gasteiger partial charge < -0.3 is 9.64 Å². The molecule has 0 bridgehead atoms. The fourth-order valence-electron chi connectivity index (χ4n) is 5.19. The molecule has 4 rings (SSSR count). The molecule has 0 aromatic heterocycles. The van der Waals surface area contributed by atoms with E-state index < -0.39 is 22.1 Å². The van der Waals surface area contributed by atoms with E-state index in [1.807, 2.05) is 32.6 Å². The van der Waals surface area contributed by atoms with Crippen LogP contribution in [0.15, 0.2) is 59.4 Å². The van der Waals surface area contributed by atoms with Crippen molar-refractivity contribution in [3.05, 3.63) is 70.1 Å². The van der Waals surface area contributed by atoms with Crippen molar-refractivity contribution in [2.24, 2.45) is 0 Å². The van der Waals surface area contributed by atoms with Crippen molar-refractivity contribution in [2.75, 3.05) is 26.7 Å². The van der Waals surface area contributed by atoms with E-state index in [0.29, 0.717) is 18.1 Å². The van der Waals surface area contributed by atoms with E-state index in [4.69, 9.17) is 27.9 Å². The average Bonchev–Trinajstić information content (AvgIpc) is 2.92. The van der Waals surface area contributed by atoms with Crippen LogP contribution >= 0.6 is 23.2 Å². The number of rotatable bonds is 9. The van der Waals surface area contributed by atoms with Crippen LogP contribution in [-0.4, -0.2) is 84.1 Å². The zero-order valence-corrected chi connectivity index (χ0v) is 25.5. The van der Waals surface area contributed by atoms with Gasteiger partial charge in [-0.2, -0.15) is 0 Å². The van der Waals surface area contributed by atoms with Crippen molar-refractivity contribution < 1.29 is 22.7 Å². The maximum absolute atomic E-state index is 14.4. The van der Waals surface area contributed by atoms with Crippen LogP contribution in [-0.2, 0) is 26.0 Å². The summed E-state index contributed by atoms with van der Waals surface area (Å²) in [5.74, 6) is -0.379. The first-order valence-electron chi connectivity index (χ1n) is 13.2. The number of sulfonamides is 1. The molecule has 0 N–H and O–H groups in total. The molecule has 0 spiro atoms. The first kappa shape index (κ1) is 30.2. The summed E-state index contributed by atoms with van der Waals surface area (Å²) in [6.07, 6.45) is 1.65. The van der Waals surface area contributed by atoms with Gasteiger partial charge in [-0.05, 0) is 62.8 Å². The Bertz CT molecular complexity index is 1410. The Balaban J connectivity index is 1.93. The van der Waals surface area contributed by atoms with Gasteiger partial charge in [0.25, 0.3) is 10.0 Å². The van der Waals surface area contributed by atoms with Gasteiger partial charge in [-0.25, -0.2) is 12.7 Å². The van der Waals surface area contributed by atoms with Crippen LogP contribution in [0.2, 0.25) is 10.0 Å². The molecule has 2 heterocycles. The fourth-order valence-corrected chi connectivity index (χ4v) is 7.19. The summed E-state index contributed by atoms with van der Waals surface area (Å²) < 4.78 is 35.3. The summed E-state index contributed by atoms with van der Waals surface area (Å²) in [5, 5.41) is 0.772. The molecule has 2 aromatic carbocycles. The van der Waals surface area contributed by atoms with E-state index in [-0.39, 0.29) is 52.3 Å². The van der Waals surface area contributed by atoms with Gasteiger partial charge in [0.2, 0.25) is 11.8 Å². The number of ether oxygens (including phenoxy) is 1. The molecule has 12 heteroatoms. The first-order valence-corrected chi connectivity index (χ1v) is 15.4. The second-order valence-corrected chi connectivity index (χ2v) is 12.7. The van der Waals surface area contributed by atoms with Gasteiger partial charge in [0.1, 0.15) is 28.5 Å². The van der Waals surface area contributed by atoms with E-state index >= 15 is 0 Å². The van der Waals surface area contributed by atoms with Gasteiger partial charge >= 0.3 is 0 Å². The number of nitrogens with zero attached hydrogens (tertiary/aromatic N) is 4. The first-order chi connectivity index (χ1) is 18.9. The number of carbonyl (C=O) groups excluding carboxylic acids is 2. The van der Waals surface area contributed by atoms with Crippen molar-refractivity contribution in [1.29, 1.82) is 0 Å². The van der Waals surface area contributed by atoms with E-state index in [1.54, 1.807) is 30.3 Å². The number of fused-ring (bicyclic) bond motifs is 1. The van der Waals surface area contributed by atoms with Gasteiger partial charge in [-0.15, -0.1) is 0 Å². The molecule has 1 fully saturated rings. The predicted octanol–water partition coefficient (Wildman–Crippen LogP) is 4.21. The molecule has 2 unspecified atom stereocenters. The lowest BCUT2D eigenvalue weighted by Gasteiger charge is -2.50. The molecule has 40 heavy (non-hydrogen) atoms. The number of halogens is 2. The smallest absolute Gasteiger partial charge is 0.269 e. The summed E-state index contributed by atoms with van der Waals surface area (Å²) in [7, 11) is -2.91. The molecule has 2 amide bonds. The third-order valence-electron chi connectivity index (χ3n) is 7.31. The van der Waals surface area contributed by atoms with Crippen LogP contribution < -0.4 is 4.74 Å². The minimum atomic E-state index is -4.29. The van der Waals surface area contributed by atoms with E-state index in [9.17, 15) is 18.0 Å². The topological polar surface area (TPSA) is 90.5 Å². The summed E-state index contributed by atoms with van der Waals surface area (Å²) in [4.78, 5) is 32.7. The van der Waals surface area contributed by atoms with E-state index in [0.717, 1.165) is 5.56 Å². The standard InChI is InChI=1S/C28H34Cl2N4O5S/c1-6-31(7-2)23-16-33(40(37,38)25-15-21(30)12-13-24(25)39-5)26-17-32(18(3)4)27(35)22(34(26)28(23)36)14-19-8-10-20(29)11-9-19/h8-13,15,17-18,22-23H,6-7,14,16H2,1-5H3. The van der Waals surface area contributed by atoms with Crippen LogP contribution in [0.4, 0.5) is 0 Å². The van der Waals surface area contributed by atoms with Crippen molar-refractivity contribution in [1.82, 2.24) is 19.0 Å². The molecule has 0 saturated carbocycles. The van der Waals surface area contributed by atoms with E-state index in [1.165, 1.54) is 39.5 Å². The molecule has 2 aliphatic rings. The number of hydrogen-bond donors (Lipinski definition) is 0. The second kappa shape index (κ2) is 12.0. The van der Waals surface area contributed by atoms with Crippen molar-refractivity contribution in [3.63, 3.8) is 0 Å². The SMILES string of the molecule is CCN(CC)C1CN(S(=O)(=O)c2cc(Cl)ccc2OC)C2=CN(C(C)C)C(=O)C(Cc3ccc(Cl)cc3)N2C1=O. The monoisotopic (exact) mass is 608 g/mol. The minimum absolute atomic E-state index is 0.114. The largest absolute Gasteiger partial charge is 0.495 e. The number of likely N-dealkylation sites (N-methyl/N-ethyl adjacent to an activating group) is 1.